The van der Waals surface area contributed by atoms with Crippen molar-refractivity contribution in [1.82, 2.24) is 15.0 Å². The zero-order valence-electron chi connectivity index (χ0n) is 9.84. The number of hydrogen-bond acceptors (Lipinski definition) is 5. The molecule has 0 atom stereocenters. The van der Waals surface area contributed by atoms with E-state index in [1.165, 1.54) is 34.8 Å². The lowest BCUT2D eigenvalue weighted by atomic mass is 10.4. The smallest absolute Gasteiger partial charge is 0.279 e. The molecule has 2 aromatic heterocycles. The van der Waals surface area contributed by atoms with Crippen molar-refractivity contribution >= 4 is 22.4 Å². The molecule has 2 rings (SSSR count). The molecule has 0 aliphatic rings. The van der Waals surface area contributed by atoms with Crippen molar-refractivity contribution in [3.8, 4) is 0 Å². The van der Waals surface area contributed by atoms with Crippen LogP contribution >= 0.6 is 11.3 Å². The molecule has 88 valence electrons. The van der Waals surface area contributed by atoms with Crippen LogP contribution in [0.3, 0.4) is 0 Å². The van der Waals surface area contributed by atoms with Gasteiger partial charge in [0.1, 0.15) is 5.69 Å². The molecule has 0 saturated heterocycles. The highest BCUT2D eigenvalue weighted by Crippen LogP contribution is 2.24. The van der Waals surface area contributed by atoms with Crippen molar-refractivity contribution in [2.24, 2.45) is 0 Å². The normalized spacial score (nSPS) is 10.3. The van der Waals surface area contributed by atoms with Crippen molar-refractivity contribution in [1.29, 1.82) is 0 Å². The highest BCUT2D eigenvalue weighted by Gasteiger charge is 2.18. The van der Waals surface area contributed by atoms with Gasteiger partial charge in [-0.05, 0) is 13.8 Å². The molecule has 6 heteroatoms. The molecule has 0 aliphatic carbocycles. The molecule has 0 saturated carbocycles. The molecule has 0 N–H and O–H groups in total. The highest BCUT2D eigenvalue weighted by atomic mass is 32.1. The predicted molar refractivity (Wildman–Crippen MR) is 66.4 cm³/mol. The Labute approximate surface area is 103 Å². The van der Waals surface area contributed by atoms with Crippen molar-refractivity contribution < 1.29 is 4.79 Å². The van der Waals surface area contributed by atoms with E-state index < -0.39 is 0 Å². The van der Waals surface area contributed by atoms with Gasteiger partial charge in [0.25, 0.3) is 5.91 Å². The van der Waals surface area contributed by atoms with Crippen LogP contribution in [0.1, 0.15) is 21.1 Å². The second kappa shape index (κ2) is 4.58. The Morgan fingerprint density at radius 3 is 2.65 bits per heavy atom. The molecule has 0 fully saturated rings. The molecular formula is C11H12N4OS. The lowest BCUT2D eigenvalue weighted by Crippen LogP contribution is -2.27. The Morgan fingerprint density at radius 2 is 2.12 bits per heavy atom. The second-order valence-corrected chi connectivity index (χ2v) is 4.77. The van der Waals surface area contributed by atoms with Crippen molar-refractivity contribution in [2.45, 2.75) is 13.8 Å². The van der Waals surface area contributed by atoms with E-state index in [2.05, 4.69) is 15.0 Å². The monoisotopic (exact) mass is 248 g/mol. The third-order valence-electron chi connectivity index (χ3n) is 2.39. The SMILES string of the molecule is Cc1nc(N(C)C(=O)c2cnccn2)sc1C. The van der Waals surface area contributed by atoms with Crippen LogP contribution in [0.25, 0.3) is 0 Å². The second-order valence-electron chi connectivity index (χ2n) is 3.59. The minimum absolute atomic E-state index is 0.202. The van der Waals surface area contributed by atoms with Crippen LogP contribution in [-0.4, -0.2) is 27.9 Å². The number of anilines is 1. The minimum Gasteiger partial charge on any atom is -0.286 e. The lowest BCUT2D eigenvalue weighted by molar-refractivity contribution is 0.0988. The summed E-state index contributed by atoms with van der Waals surface area (Å²) in [5.74, 6) is -0.202. The highest BCUT2D eigenvalue weighted by molar-refractivity contribution is 7.15. The fourth-order valence-corrected chi connectivity index (χ4v) is 2.14. The maximum atomic E-state index is 12.1. The first kappa shape index (κ1) is 11.7. The Hall–Kier alpha value is -1.82. The number of hydrogen-bond donors (Lipinski definition) is 0. The largest absolute Gasteiger partial charge is 0.286 e. The van der Waals surface area contributed by atoms with Crippen molar-refractivity contribution in [2.75, 3.05) is 11.9 Å². The maximum Gasteiger partial charge on any atom is 0.279 e. The molecule has 5 nitrogen and oxygen atoms in total. The van der Waals surface area contributed by atoms with Crippen molar-refractivity contribution in [3.63, 3.8) is 0 Å². The number of carbonyl (C=O) groups is 1. The van der Waals surface area contributed by atoms with Gasteiger partial charge in [0.15, 0.2) is 5.13 Å². The summed E-state index contributed by atoms with van der Waals surface area (Å²) in [4.78, 5) is 26.8. The molecule has 0 bridgehead atoms. The summed E-state index contributed by atoms with van der Waals surface area (Å²) >= 11 is 1.49. The number of amides is 1. The Balaban J connectivity index is 2.26. The third-order valence-corrected chi connectivity index (χ3v) is 3.54. The zero-order chi connectivity index (χ0) is 12.4. The van der Waals surface area contributed by atoms with Gasteiger partial charge < -0.3 is 0 Å². The number of aryl methyl sites for hydroxylation is 2. The summed E-state index contributed by atoms with van der Waals surface area (Å²) in [6.45, 7) is 3.91. The van der Waals surface area contributed by atoms with Gasteiger partial charge >= 0.3 is 0 Å². The Morgan fingerprint density at radius 1 is 1.35 bits per heavy atom. The third kappa shape index (κ3) is 2.31. The minimum atomic E-state index is -0.202. The Bertz CT molecular complexity index is 518. The Kier molecular flexibility index (Phi) is 3.14. The van der Waals surface area contributed by atoms with Crippen LogP contribution in [0, 0.1) is 13.8 Å². The molecule has 0 aromatic carbocycles. The van der Waals surface area contributed by atoms with E-state index in [4.69, 9.17) is 0 Å². The molecule has 2 aromatic rings. The van der Waals surface area contributed by atoms with Crippen LogP contribution < -0.4 is 4.90 Å². The van der Waals surface area contributed by atoms with Gasteiger partial charge in [-0.15, -0.1) is 11.3 Å². The van der Waals surface area contributed by atoms with Crippen LogP contribution in [-0.2, 0) is 0 Å². The maximum absolute atomic E-state index is 12.1. The topological polar surface area (TPSA) is 59.0 Å². The van der Waals surface area contributed by atoms with Gasteiger partial charge in [-0.2, -0.15) is 0 Å². The molecule has 0 aliphatic heterocycles. The molecule has 0 spiro atoms. The molecule has 1 amide bonds. The fourth-order valence-electron chi connectivity index (χ4n) is 1.27. The van der Waals surface area contributed by atoms with E-state index in [9.17, 15) is 4.79 Å². The van der Waals surface area contributed by atoms with Gasteiger partial charge in [0.2, 0.25) is 0 Å². The number of aromatic nitrogens is 3. The van der Waals surface area contributed by atoms with E-state index in [1.807, 2.05) is 13.8 Å². The van der Waals surface area contributed by atoms with Gasteiger partial charge in [-0.1, -0.05) is 0 Å². The standard InChI is InChI=1S/C11H12N4OS/c1-7-8(2)17-11(14-7)15(3)10(16)9-6-12-4-5-13-9/h4-6H,1-3H3. The number of rotatable bonds is 2. The first-order valence-corrected chi connectivity index (χ1v) is 5.89. The van der Waals surface area contributed by atoms with E-state index >= 15 is 0 Å². The van der Waals surface area contributed by atoms with Crippen molar-refractivity contribution in [3.05, 3.63) is 34.9 Å². The number of nitrogens with zero attached hydrogens (tertiary/aromatic N) is 4. The molecule has 0 radical (unpaired) electrons. The lowest BCUT2D eigenvalue weighted by Gasteiger charge is -2.12. The van der Waals surface area contributed by atoms with E-state index in [-0.39, 0.29) is 5.91 Å². The summed E-state index contributed by atoms with van der Waals surface area (Å²) in [7, 11) is 1.69. The number of carbonyl (C=O) groups excluding carboxylic acids is 1. The number of thiazole rings is 1. The zero-order valence-corrected chi connectivity index (χ0v) is 10.7. The van der Waals surface area contributed by atoms with Gasteiger partial charge in [-0.25, -0.2) is 9.97 Å². The molecule has 17 heavy (non-hydrogen) atoms. The average Bonchev–Trinajstić information content (AvgIpc) is 2.69. The predicted octanol–water partition coefficient (Wildman–Crippen LogP) is 1.83. The van der Waals surface area contributed by atoms with E-state index in [1.54, 1.807) is 7.05 Å². The summed E-state index contributed by atoms with van der Waals surface area (Å²) in [6.07, 6.45) is 4.49. The molecular weight excluding hydrogens is 236 g/mol. The molecule has 2 heterocycles. The van der Waals surface area contributed by atoms with Crippen LogP contribution in [0.4, 0.5) is 5.13 Å². The summed E-state index contributed by atoms with van der Waals surface area (Å²) in [5, 5.41) is 0.677. The fraction of sp³-hybridized carbons (Fsp3) is 0.273. The summed E-state index contributed by atoms with van der Waals surface area (Å²) in [5.41, 5.74) is 1.27. The van der Waals surface area contributed by atoms with Crippen LogP contribution in [0.15, 0.2) is 18.6 Å². The summed E-state index contributed by atoms with van der Waals surface area (Å²) < 4.78 is 0. The van der Waals surface area contributed by atoms with E-state index in [0.717, 1.165) is 10.6 Å². The van der Waals surface area contributed by atoms with Crippen LogP contribution in [0.2, 0.25) is 0 Å². The quantitative estimate of drug-likeness (QED) is 0.813. The van der Waals surface area contributed by atoms with Gasteiger partial charge in [0, 0.05) is 24.3 Å². The molecule has 0 unspecified atom stereocenters. The average molecular weight is 248 g/mol. The van der Waals surface area contributed by atoms with E-state index in [0.29, 0.717) is 10.8 Å². The van der Waals surface area contributed by atoms with Gasteiger partial charge in [0.05, 0.1) is 11.9 Å². The first-order valence-electron chi connectivity index (χ1n) is 5.07. The first-order chi connectivity index (χ1) is 8.09. The van der Waals surface area contributed by atoms with Gasteiger partial charge in [-0.3, -0.25) is 14.7 Å². The van der Waals surface area contributed by atoms with Crippen LogP contribution in [0.5, 0.6) is 0 Å². The summed E-state index contributed by atoms with van der Waals surface area (Å²) in [6, 6.07) is 0.